The van der Waals surface area contributed by atoms with Gasteiger partial charge < -0.3 is 4.74 Å². The average molecular weight is 316 g/mol. The number of hydrogen-bond donors (Lipinski definition) is 0. The highest BCUT2D eigenvalue weighted by Crippen LogP contribution is 2.24. The second-order valence-electron chi connectivity index (χ2n) is 4.21. The Morgan fingerprint density at radius 3 is 2.48 bits per heavy atom. The van der Waals surface area contributed by atoms with Crippen molar-refractivity contribution in [3.63, 3.8) is 0 Å². The van der Waals surface area contributed by atoms with Crippen LogP contribution in [0.2, 0.25) is 0 Å². The number of sulfonamides is 1. The minimum Gasteiger partial charge on any atom is -0.468 e. The number of nitrogens with zero attached hydrogens (tertiary/aromatic N) is 2. The maximum absolute atomic E-state index is 12.5. The summed E-state index contributed by atoms with van der Waals surface area (Å²) in [5.74, 6) is -0.681. The summed E-state index contributed by atoms with van der Waals surface area (Å²) in [4.78, 5) is 21.3. The Morgan fingerprint density at radius 1 is 1.43 bits per heavy atom. The number of non-ortho nitro benzene ring substituents is 1. The fourth-order valence-corrected chi connectivity index (χ4v) is 3.35. The normalized spacial score (nSPS) is 11.4. The Morgan fingerprint density at radius 2 is 2.05 bits per heavy atom. The van der Waals surface area contributed by atoms with Gasteiger partial charge in [0.15, 0.2) is 0 Å². The summed E-state index contributed by atoms with van der Waals surface area (Å²) in [5.41, 5.74) is 0.0509. The van der Waals surface area contributed by atoms with Crippen LogP contribution in [0.1, 0.15) is 12.5 Å². The molecule has 1 aromatic carbocycles. The highest BCUT2D eigenvalue weighted by molar-refractivity contribution is 7.89. The minimum atomic E-state index is -3.92. The number of nitro benzene ring substituents is 1. The summed E-state index contributed by atoms with van der Waals surface area (Å²) in [6.07, 6.45) is 0. The van der Waals surface area contributed by atoms with Crippen LogP contribution in [0.25, 0.3) is 0 Å². The number of likely N-dealkylation sites (N-methyl/N-ethyl adjacent to an activating group) is 1. The number of methoxy groups -OCH3 is 1. The molecule has 0 aromatic heterocycles. The topological polar surface area (TPSA) is 107 Å². The number of benzene rings is 1. The number of rotatable bonds is 6. The van der Waals surface area contributed by atoms with Crippen LogP contribution in [-0.4, -0.2) is 43.8 Å². The maximum Gasteiger partial charge on any atom is 0.321 e. The van der Waals surface area contributed by atoms with Crippen molar-refractivity contribution in [2.24, 2.45) is 0 Å². The molecule has 0 atom stereocenters. The summed E-state index contributed by atoms with van der Waals surface area (Å²) in [6.45, 7) is 2.71. The van der Waals surface area contributed by atoms with E-state index in [2.05, 4.69) is 4.74 Å². The molecule has 0 radical (unpaired) electrons. The van der Waals surface area contributed by atoms with E-state index in [-0.39, 0.29) is 22.7 Å². The number of carbonyl (C=O) groups excluding carboxylic acids is 1. The molecule has 0 heterocycles. The first-order chi connectivity index (χ1) is 9.73. The second-order valence-corrected chi connectivity index (χ2v) is 6.12. The second kappa shape index (κ2) is 6.64. The predicted molar refractivity (Wildman–Crippen MR) is 74.3 cm³/mol. The molecular weight excluding hydrogens is 300 g/mol. The Hall–Kier alpha value is -2.00. The lowest BCUT2D eigenvalue weighted by Gasteiger charge is -2.20. The third-order valence-corrected chi connectivity index (χ3v) is 4.95. The molecule has 21 heavy (non-hydrogen) atoms. The van der Waals surface area contributed by atoms with Gasteiger partial charge in [0.25, 0.3) is 5.69 Å². The molecule has 0 aliphatic rings. The van der Waals surface area contributed by atoms with Crippen molar-refractivity contribution in [1.82, 2.24) is 4.31 Å². The molecule has 0 spiro atoms. The highest BCUT2D eigenvalue weighted by Gasteiger charge is 2.27. The van der Waals surface area contributed by atoms with E-state index in [9.17, 15) is 23.3 Å². The van der Waals surface area contributed by atoms with Crippen LogP contribution in [0, 0.1) is 17.0 Å². The Balaban J connectivity index is 3.23. The largest absolute Gasteiger partial charge is 0.468 e. The van der Waals surface area contributed by atoms with E-state index in [0.717, 1.165) is 10.4 Å². The van der Waals surface area contributed by atoms with Gasteiger partial charge in [0.2, 0.25) is 10.0 Å². The summed E-state index contributed by atoms with van der Waals surface area (Å²) in [5, 5.41) is 10.7. The Kier molecular flexibility index (Phi) is 5.39. The fourth-order valence-electron chi connectivity index (χ4n) is 1.75. The van der Waals surface area contributed by atoms with Crippen LogP contribution in [-0.2, 0) is 19.6 Å². The van der Waals surface area contributed by atoms with E-state index in [4.69, 9.17) is 0 Å². The van der Waals surface area contributed by atoms with Gasteiger partial charge >= 0.3 is 5.97 Å². The third-order valence-electron chi connectivity index (χ3n) is 2.87. The molecule has 0 aliphatic heterocycles. The lowest BCUT2D eigenvalue weighted by Crippen LogP contribution is -2.36. The quantitative estimate of drug-likeness (QED) is 0.441. The molecule has 1 aromatic rings. The fraction of sp³-hybridized carbons (Fsp3) is 0.417. The first kappa shape index (κ1) is 17.1. The molecule has 0 bridgehead atoms. The van der Waals surface area contributed by atoms with Crippen molar-refractivity contribution in [3.8, 4) is 0 Å². The van der Waals surface area contributed by atoms with Crippen LogP contribution in [0.4, 0.5) is 5.69 Å². The molecular formula is C12H16N2O6S. The Labute approximate surface area is 122 Å². The van der Waals surface area contributed by atoms with E-state index < -0.39 is 27.5 Å². The molecule has 0 amide bonds. The lowest BCUT2D eigenvalue weighted by molar-refractivity contribution is -0.385. The van der Waals surface area contributed by atoms with Crippen LogP contribution < -0.4 is 0 Å². The monoisotopic (exact) mass is 316 g/mol. The van der Waals surface area contributed by atoms with Gasteiger partial charge in [-0.3, -0.25) is 14.9 Å². The molecule has 0 saturated carbocycles. The Bertz CT molecular complexity index is 656. The highest BCUT2D eigenvalue weighted by atomic mass is 32.2. The number of hydrogen-bond acceptors (Lipinski definition) is 6. The van der Waals surface area contributed by atoms with Gasteiger partial charge in [-0.25, -0.2) is 8.42 Å². The van der Waals surface area contributed by atoms with Gasteiger partial charge in [0, 0.05) is 18.7 Å². The molecule has 9 heteroatoms. The van der Waals surface area contributed by atoms with Gasteiger partial charge in [-0.05, 0) is 18.6 Å². The van der Waals surface area contributed by atoms with E-state index >= 15 is 0 Å². The van der Waals surface area contributed by atoms with Crippen LogP contribution in [0.3, 0.4) is 0 Å². The molecule has 0 unspecified atom stereocenters. The number of ether oxygens (including phenoxy) is 1. The molecule has 0 N–H and O–H groups in total. The van der Waals surface area contributed by atoms with Gasteiger partial charge in [0.1, 0.15) is 6.54 Å². The number of esters is 1. The van der Waals surface area contributed by atoms with Crippen molar-refractivity contribution >= 4 is 21.7 Å². The van der Waals surface area contributed by atoms with E-state index in [1.54, 1.807) is 6.92 Å². The molecule has 0 aliphatic carbocycles. The van der Waals surface area contributed by atoms with E-state index in [0.29, 0.717) is 0 Å². The summed E-state index contributed by atoms with van der Waals surface area (Å²) in [7, 11) is -2.75. The van der Waals surface area contributed by atoms with E-state index in [1.807, 2.05) is 0 Å². The molecule has 1 rings (SSSR count). The van der Waals surface area contributed by atoms with Gasteiger partial charge in [-0.15, -0.1) is 0 Å². The lowest BCUT2D eigenvalue weighted by atomic mass is 10.2. The van der Waals surface area contributed by atoms with Crippen LogP contribution >= 0.6 is 0 Å². The number of carbonyl (C=O) groups is 1. The first-order valence-electron chi connectivity index (χ1n) is 6.06. The van der Waals surface area contributed by atoms with Crippen molar-refractivity contribution in [3.05, 3.63) is 33.9 Å². The standard InChI is InChI=1S/C12H16N2O6S/c1-4-13(8-12(15)20-3)21(18,19)11-6-5-10(14(16)17)7-9(11)2/h5-7H,4,8H2,1-3H3. The predicted octanol–water partition coefficient (Wildman–Crippen LogP) is 1.09. The molecule has 0 saturated heterocycles. The van der Waals surface area contributed by atoms with Crippen molar-refractivity contribution < 1.29 is 22.9 Å². The van der Waals surface area contributed by atoms with Gasteiger partial charge in [0.05, 0.1) is 16.9 Å². The zero-order chi connectivity index (χ0) is 16.2. The maximum atomic E-state index is 12.5. The average Bonchev–Trinajstić information content (AvgIpc) is 2.43. The van der Waals surface area contributed by atoms with Gasteiger partial charge in [-0.2, -0.15) is 4.31 Å². The van der Waals surface area contributed by atoms with Gasteiger partial charge in [-0.1, -0.05) is 6.92 Å². The summed E-state index contributed by atoms with van der Waals surface area (Å²) in [6, 6.07) is 3.47. The zero-order valence-electron chi connectivity index (χ0n) is 11.9. The third kappa shape index (κ3) is 3.76. The van der Waals surface area contributed by atoms with Crippen molar-refractivity contribution in [2.75, 3.05) is 20.2 Å². The molecule has 0 fully saturated rings. The molecule has 116 valence electrons. The zero-order valence-corrected chi connectivity index (χ0v) is 12.7. The minimum absolute atomic E-state index is 0.0705. The van der Waals surface area contributed by atoms with Crippen LogP contribution in [0.5, 0.6) is 0 Å². The van der Waals surface area contributed by atoms with Crippen LogP contribution in [0.15, 0.2) is 23.1 Å². The first-order valence-corrected chi connectivity index (χ1v) is 7.50. The number of aryl methyl sites for hydroxylation is 1. The summed E-state index contributed by atoms with van der Waals surface area (Å²) >= 11 is 0. The van der Waals surface area contributed by atoms with Crippen molar-refractivity contribution in [2.45, 2.75) is 18.7 Å². The smallest absolute Gasteiger partial charge is 0.321 e. The van der Waals surface area contributed by atoms with E-state index in [1.165, 1.54) is 26.2 Å². The number of nitro groups is 1. The summed E-state index contributed by atoms with van der Waals surface area (Å²) < 4.78 is 30.3. The van der Waals surface area contributed by atoms with Crippen molar-refractivity contribution in [1.29, 1.82) is 0 Å². The molecule has 8 nitrogen and oxygen atoms in total. The SMILES string of the molecule is CCN(CC(=O)OC)S(=O)(=O)c1ccc([N+](=O)[O-])cc1C.